The Hall–Kier alpha value is -3.65. The minimum Gasteiger partial charge on any atom is -0.490 e. The van der Waals surface area contributed by atoms with Crippen LogP contribution >= 0.6 is 39.1 Å². The number of hydrogen-bond acceptors (Lipinski definition) is 5. The molecule has 1 fully saturated rings. The zero-order valence-electron chi connectivity index (χ0n) is 23.0. The van der Waals surface area contributed by atoms with Gasteiger partial charge >= 0.3 is 0 Å². The summed E-state index contributed by atoms with van der Waals surface area (Å²) in [6.07, 6.45) is 1.52. The van der Waals surface area contributed by atoms with Gasteiger partial charge in [-0.3, -0.25) is 9.59 Å². The quantitative estimate of drug-likeness (QED) is 0.147. The Labute approximate surface area is 267 Å². The number of hydrazone groups is 1. The molecule has 0 radical (unpaired) electrons. The largest absolute Gasteiger partial charge is 0.490 e. The molecular formula is C34H25BrCl2N2O4. The second kappa shape index (κ2) is 11.1. The fraction of sp³-hybridized carbons (Fsp3) is 0.206. The number of hydrogen-bond donors (Lipinski definition) is 0. The van der Waals surface area contributed by atoms with Gasteiger partial charge < -0.3 is 9.47 Å². The van der Waals surface area contributed by atoms with Crippen molar-refractivity contribution >= 4 is 57.2 Å². The minimum absolute atomic E-state index is 0.177. The first-order valence-corrected chi connectivity index (χ1v) is 15.5. The smallest absolute Gasteiger partial charge is 0.254 e. The van der Waals surface area contributed by atoms with E-state index < -0.39 is 11.8 Å². The van der Waals surface area contributed by atoms with E-state index in [1.807, 2.05) is 37.3 Å². The number of benzene rings is 4. The fourth-order valence-corrected chi connectivity index (χ4v) is 7.79. The first-order chi connectivity index (χ1) is 20.9. The van der Waals surface area contributed by atoms with E-state index in [0.717, 1.165) is 32.8 Å². The molecule has 2 amide bonds. The number of carbonyl (C=O) groups excluding carboxylic acids is 2. The summed E-state index contributed by atoms with van der Waals surface area (Å²) in [6, 6.07) is 25.1. The van der Waals surface area contributed by atoms with Crippen LogP contribution in [0.3, 0.4) is 0 Å². The Kier molecular flexibility index (Phi) is 7.28. The molecule has 0 saturated carbocycles. The molecule has 4 aliphatic rings. The molecule has 43 heavy (non-hydrogen) atoms. The summed E-state index contributed by atoms with van der Waals surface area (Å²) in [5.41, 5.74) is 5.91. The molecule has 9 heteroatoms. The van der Waals surface area contributed by atoms with Gasteiger partial charge in [0.05, 0.1) is 29.1 Å². The summed E-state index contributed by atoms with van der Waals surface area (Å²) in [5.74, 6) is -0.882. The average Bonchev–Trinajstić information content (AvgIpc) is 3.26. The molecule has 0 N–H and O–H groups in total. The van der Waals surface area contributed by atoms with Crippen LogP contribution in [0.25, 0.3) is 0 Å². The maximum atomic E-state index is 13.9. The van der Waals surface area contributed by atoms with Crippen LogP contribution in [0.4, 0.5) is 0 Å². The molecule has 0 aromatic heterocycles. The van der Waals surface area contributed by atoms with Gasteiger partial charge in [0.1, 0.15) is 6.61 Å². The van der Waals surface area contributed by atoms with Gasteiger partial charge in [-0.1, -0.05) is 77.8 Å². The first kappa shape index (κ1) is 28.1. The van der Waals surface area contributed by atoms with E-state index in [1.54, 1.807) is 24.3 Å². The van der Waals surface area contributed by atoms with E-state index in [0.29, 0.717) is 38.2 Å². The highest BCUT2D eigenvalue weighted by Gasteiger charge is 2.61. The summed E-state index contributed by atoms with van der Waals surface area (Å²) in [7, 11) is 0. The second-order valence-corrected chi connectivity index (χ2v) is 12.5. The third-order valence-corrected chi connectivity index (χ3v) is 9.64. The Balaban J connectivity index is 1.18. The van der Waals surface area contributed by atoms with Crippen molar-refractivity contribution in [1.29, 1.82) is 0 Å². The van der Waals surface area contributed by atoms with Gasteiger partial charge in [0.2, 0.25) is 0 Å². The molecule has 3 aliphatic carbocycles. The lowest BCUT2D eigenvalue weighted by molar-refractivity contribution is -0.139. The topological polar surface area (TPSA) is 68.2 Å². The SMILES string of the molecule is CCOc1cc(/C=N\N2C(=O)[C@H]3C4c5ccccc5C(c5ccccc54)[C@@H]3C2=O)cc(Br)c1OCc1ccc(Cl)cc1Cl. The third-order valence-electron chi connectivity index (χ3n) is 8.47. The molecule has 2 bridgehead atoms. The van der Waals surface area contributed by atoms with Crippen molar-refractivity contribution in [3.8, 4) is 11.5 Å². The van der Waals surface area contributed by atoms with E-state index in [4.69, 9.17) is 32.7 Å². The van der Waals surface area contributed by atoms with E-state index in [1.165, 1.54) is 6.21 Å². The number of rotatable bonds is 7. The predicted octanol–water partition coefficient (Wildman–Crippen LogP) is 7.96. The monoisotopic (exact) mass is 674 g/mol. The van der Waals surface area contributed by atoms with E-state index >= 15 is 0 Å². The maximum absolute atomic E-state index is 13.9. The highest BCUT2D eigenvalue weighted by atomic mass is 79.9. The highest BCUT2D eigenvalue weighted by molar-refractivity contribution is 9.10. The molecule has 2 atom stereocenters. The van der Waals surface area contributed by atoms with Crippen molar-refractivity contribution in [3.05, 3.63) is 127 Å². The molecule has 1 saturated heterocycles. The van der Waals surface area contributed by atoms with Crippen LogP contribution in [-0.2, 0) is 16.2 Å². The zero-order chi connectivity index (χ0) is 29.8. The van der Waals surface area contributed by atoms with Gasteiger partial charge in [-0.15, -0.1) is 0 Å². The number of nitrogens with zero attached hydrogens (tertiary/aromatic N) is 2. The molecular weight excluding hydrogens is 651 g/mol. The zero-order valence-corrected chi connectivity index (χ0v) is 26.1. The van der Waals surface area contributed by atoms with Gasteiger partial charge in [0, 0.05) is 27.4 Å². The van der Waals surface area contributed by atoms with E-state index in [9.17, 15) is 9.59 Å². The molecule has 4 aromatic carbocycles. The Bertz CT molecular complexity index is 1710. The standard InChI is InChI=1S/C34H25BrCl2N2O4/c1-2-42-27-14-18(13-25(35)32(27)43-17-19-11-12-20(36)15-26(19)37)16-38-39-33(40)30-28-21-7-3-4-8-22(21)29(31(30)34(39)41)24-10-6-5-9-23(24)28/h3-16,28-31H,2,17H2,1H3/b38-16-/t28?,29?,30-,31-/m0/s1. The Morgan fingerprint density at radius 1 is 0.837 bits per heavy atom. The maximum Gasteiger partial charge on any atom is 0.254 e. The lowest BCUT2D eigenvalue weighted by atomic mass is 9.55. The average molecular weight is 676 g/mol. The van der Waals surface area contributed by atoms with E-state index in [2.05, 4.69) is 45.3 Å². The fourth-order valence-electron chi connectivity index (χ4n) is 6.75. The lowest BCUT2D eigenvalue weighted by Crippen LogP contribution is -2.41. The summed E-state index contributed by atoms with van der Waals surface area (Å²) < 4.78 is 12.6. The van der Waals surface area contributed by atoms with Gasteiger partial charge in [-0.05, 0) is 74.9 Å². The van der Waals surface area contributed by atoms with Crippen LogP contribution in [0.1, 0.15) is 52.1 Å². The van der Waals surface area contributed by atoms with Crippen LogP contribution in [0.15, 0.2) is 88.4 Å². The summed E-state index contributed by atoms with van der Waals surface area (Å²) in [4.78, 5) is 27.7. The first-order valence-electron chi connectivity index (χ1n) is 14.0. The summed E-state index contributed by atoms with van der Waals surface area (Å²) >= 11 is 15.9. The van der Waals surface area contributed by atoms with Crippen molar-refractivity contribution in [1.82, 2.24) is 5.01 Å². The van der Waals surface area contributed by atoms with Gasteiger partial charge in [0.25, 0.3) is 11.8 Å². The van der Waals surface area contributed by atoms with E-state index in [-0.39, 0.29) is 30.3 Å². The molecule has 8 rings (SSSR count). The summed E-state index contributed by atoms with van der Waals surface area (Å²) in [5, 5.41) is 6.56. The van der Waals surface area contributed by atoms with Crippen molar-refractivity contribution in [2.75, 3.05) is 6.61 Å². The van der Waals surface area contributed by atoms with Crippen molar-refractivity contribution in [2.24, 2.45) is 16.9 Å². The van der Waals surface area contributed by atoms with Crippen molar-refractivity contribution in [3.63, 3.8) is 0 Å². The number of halogens is 3. The van der Waals surface area contributed by atoms with Crippen molar-refractivity contribution in [2.45, 2.75) is 25.4 Å². The Morgan fingerprint density at radius 2 is 1.42 bits per heavy atom. The van der Waals surface area contributed by atoms with Crippen LogP contribution < -0.4 is 9.47 Å². The number of imide groups is 1. The number of amides is 2. The molecule has 0 spiro atoms. The van der Waals surface area contributed by atoms with Crippen LogP contribution in [0.2, 0.25) is 10.0 Å². The van der Waals surface area contributed by atoms with Crippen LogP contribution in [0, 0.1) is 11.8 Å². The molecule has 6 nitrogen and oxygen atoms in total. The molecule has 1 aliphatic heterocycles. The molecule has 4 aromatic rings. The van der Waals surface area contributed by atoms with Crippen molar-refractivity contribution < 1.29 is 19.1 Å². The highest BCUT2D eigenvalue weighted by Crippen LogP contribution is 2.61. The van der Waals surface area contributed by atoms with Crippen LogP contribution in [-0.4, -0.2) is 29.6 Å². The predicted molar refractivity (Wildman–Crippen MR) is 169 cm³/mol. The third kappa shape index (κ3) is 4.65. The molecule has 0 unspecified atom stereocenters. The van der Waals surface area contributed by atoms with Gasteiger partial charge in [-0.25, -0.2) is 0 Å². The molecule has 1 heterocycles. The molecule has 216 valence electrons. The Morgan fingerprint density at radius 3 is 1.95 bits per heavy atom. The van der Waals surface area contributed by atoms with Gasteiger partial charge in [0.15, 0.2) is 11.5 Å². The van der Waals surface area contributed by atoms with Crippen LogP contribution in [0.5, 0.6) is 11.5 Å². The lowest BCUT2D eigenvalue weighted by Gasteiger charge is -2.45. The normalized spacial score (nSPS) is 21.6. The number of ether oxygens (including phenoxy) is 2. The van der Waals surface area contributed by atoms with Gasteiger partial charge in [-0.2, -0.15) is 10.1 Å². The summed E-state index contributed by atoms with van der Waals surface area (Å²) in [6.45, 7) is 2.48. The number of carbonyl (C=O) groups is 2. The second-order valence-electron chi connectivity index (χ2n) is 10.8. The minimum atomic E-state index is -0.486.